The van der Waals surface area contributed by atoms with Crippen molar-refractivity contribution in [2.24, 2.45) is 0 Å². The molecule has 4 heterocycles. The van der Waals surface area contributed by atoms with Crippen LogP contribution in [0.2, 0.25) is 0 Å². The summed E-state index contributed by atoms with van der Waals surface area (Å²) in [5.41, 5.74) is 10.4. The summed E-state index contributed by atoms with van der Waals surface area (Å²) >= 11 is 1.72. The van der Waals surface area contributed by atoms with Crippen molar-refractivity contribution in [3.8, 4) is 61.9 Å². The van der Waals surface area contributed by atoms with Crippen molar-refractivity contribution in [1.82, 2.24) is 29.5 Å². The van der Waals surface area contributed by atoms with Crippen LogP contribution in [0.15, 0.2) is 174 Å². The zero-order chi connectivity index (χ0) is 36.3. The third-order valence-corrected chi connectivity index (χ3v) is 11.0. The van der Waals surface area contributed by atoms with Gasteiger partial charge in [0.1, 0.15) is 10.5 Å². The lowest BCUT2D eigenvalue weighted by molar-refractivity contribution is 0.620. The maximum Gasteiger partial charge on any atom is 0.227 e. The predicted octanol–water partition coefficient (Wildman–Crippen LogP) is 12.1. The molecule has 7 aromatic carbocycles. The van der Waals surface area contributed by atoms with E-state index in [9.17, 15) is 0 Å². The predicted molar refractivity (Wildman–Crippen MR) is 222 cm³/mol. The van der Waals surface area contributed by atoms with Crippen LogP contribution in [0.25, 0.3) is 105 Å². The van der Waals surface area contributed by atoms with Gasteiger partial charge in [0, 0.05) is 44.3 Å². The van der Waals surface area contributed by atoms with E-state index in [2.05, 4.69) is 83.4 Å². The molecule has 0 atom stereocenters. The fourth-order valence-corrected chi connectivity index (χ4v) is 8.25. The number of benzene rings is 7. The molecule has 0 aliphatic heterocycles. The minimum absolute atomic E-state index is 0.540. The van der Waals surface area contributed by atoms with Crippen LogP contribution in [-0.4, -0.2) is 29.5 Å². The molecule has 0 spiro atoms. The summed E-state index contributed by atoms with van der Waals surface area (Å²) in [6.07, 6.45) is 0. The van der Waals surface area contributed by atoms with Crippen LogP contribution in [0.1, 0.15) is 0 Å². The summed E-state index contributed by atoms with van der Waals surface area (Å²) in [5.74, 6) is 2.33. The highest BCUT2D eigenvalue weighted by Crippen LogP contribution is 2.38. The summed E-state index contributed by atoms with van der Waals surface area (Å²) in [7, 11) is 0. The number of thiazole rings is 1. The van der Waals surface area contributed by atoms with E-state index in [1.807, 2.05) is 91.0 Å². The molecular weight excluding hydrogens is 697 g/mol. The van der Waals surface area contributed by atoms with Gasteiger partial charge < -0.3 is 8.98 Å². The van der Waals surface area contributed by atoms with Crippen molar-refractivity contribution in [3.63, 3.8) is 0 Å². The lowest BCUT2D eigenvalue weighted by Crippen LogP contribution is -2.00. The Hall–Kier alpha value is -7.29. The molecule has 0 radical (unpaired) electrons. The van der Waals surface area contributed by atoms with E-state index >= 15 is 0 Å². The van der Waals surface area contributed by atoms with E-state index in [1.54, 1.807) is 11.3 Å². The molecule has 11 aromatic rings. The first kappa shape index (κ1) is 31.3. The van der Waals surface area contributed by atoms with Crippen LogP contribution in [0, 0.1) is 0 Å². The van der Waals surface area contributed by atoms with Crippen molar-refractivity contribution in [3.05, 3.63) is 170 Å². The van der Waals surface area contributed by atoms with Gasteiger partial charge in [0.25, 0.3) is 0 Å². The first-order chi connectivity index (χ1) is 27.2. The quantitative estimate of drug-likeness (QED) is 0.170. The first-order valence-corrected chi connectivity index (χ1v) is 18.8. The second kappa shape index (κ2) is 12.7. The highest BCUT2D eigenvalue weighted by atomic mass is 32.1. The Morgan fingerprint density at radius 2 is 1.07 bits per heavy atom. The van der Waals surface area contributed by atoms with E-state index in [-0.39, 0.29) is 0 Å². The van der Waals surface area contributed by atoms with Crippen LogP contribution in [0.5, 0.6) is 0 Å². The largest absolute Gasteiger partial charge is 0.436 e. The van der Waals surface area contributed by atoms with Crippen molar-refractivity contribution in [2.75, 3.05) is 0 Å². The Bertz CT molecular complexity index is 3130. The number of rotatable bonds is 6. The molecule has 11 rings (SSSR count). The molecule has 0 aliphatic rings. The molecule has 8 heteroatoms. The Morgan fingerprint density at radius 1 is 0.418 bits per heavy atom. The van der Waals surface area contributed by atoms with E-state index in [1.165, 1.54) is 15.5 Å². The van der Waals surface area contributed by atoms with Gasteiger partial charge in [-0.1, -0.05) is 97.1 Å². The number of nitrogens with zero attached hydrogens (tertiary/aromatic N) is 6. The van der Waals surface area contributed by atoms with Gasteiger partial charge in [-0.05, 0) is 72.8 Å². The molecule has 0 aliphatic carbocycles. The van der Waals surface area contributed by atoms with Crippen molar-refractivity contribution >= 4 is 54.5 Å². The van der Waals surface area contributed by atoms with Crippen LogP contribution >= 0.6 is 11.3 Å². The maximum atomic E-state index is 6.39. The van der Waals surface area contributed by atoms with Gasteiger partial charge in [-0.2, -0.15) is 0 Å². The summed E-state index contributed by atoms with van der Waals surface area (Å²) in [6, 6.07) is 57.7. The molecule has 0 unspecified atom stereocenters. The van der Waals surface area contributed by atoms with Gasteiger partial charge in [-0.25, -0.2) is 24.9 Å². The second-order valence-electron chi connectivity index (χ2n) is 13.4. The van der Waals surface area contributed by atoms with Gasteiger partial charge in [0.15, 0.2) is 23.1 Å². The van der Waals surface area contributed by atoms with Crippen molar-refractivity contribution in [1.29, 1.82) is 0 Å². The zero-order valence-corrected chi connectivity index (χ0v) is 30.0. The lowest BCUT2D eigenvalue weighted by Gasteiger charge is -2.09. The minimum atomic E-state index is 0.540. The number of hydrogen-bond donors (Lipinski definition) is 0. The molecule has 0 saturated heterocycles. The number of oxazole rings is 1. The number of aromatic nitrogens is 6. The lowest BCUT2D eigenvalue weighted by atomic mass is 10.1. The summed E-state index contributed by atoms with van der Waals surface area (Å²) in [4.78, 5) is 24.6. The molecule has 4 aromatic heterocycles. The van der Waals surface area contributed by atoms with Crippen molar-refractivity contribution < 1.29 is 4.42 Å². The highest BCUT2D eigenvalue weighted by Gasteiger charge is 2.18. The third-order valence-electron chi connectivity index (χ3n) is 9.91. The molecule has 55 heavy (non-hydrogen) atoms. The third kappa shape index (κ3) is 5.47. The van der Waals surface area contributed by atoms with E-state index in [0.29, 0.717) is 28.9 Å². The SMILES string of the molecule is c1ccc(-c2nc(-c3ccccc3)nc(-c3ccc4oc(-c5cccc(-n6c7ccccc7c7cc(-c8nc9ccccc9s8)ccc76)c5)nc4c3)n2)cc1. The van der Waals surface area contributed by atoms with Gasteiger partial charge in [-0.15, -0.1) is 11.3 Å². The molecule has 0 amide bonds. The molecule has 0 bridgehead atoms. The van der Waals surface area contributed by atoms with Crippen molar-refractivity contribution in [2.45, 2.75) is 0 Å². The summed E-state index contributed by atoms with van der Waals surface area (Å²) in [6.45, 7) is 0. The van der Waals surface area contributed by atoms with Crippen LogP contribution in [-0.2, 0) is 0 Å². The number of fused-ring (bicyclic) bond motifs is 5. The number of para-hydroxylation sites is 2. The smallest absolute Gasteiger partial charge is 0.227 e. The van der Waals surface area contributed by atoms with E-state index in [4.69, 9.17) is 29.3 Å². The van der Waals surface area contributed by atoms with Gasteiger partial charge in [0.2, 0.25) is 5.89 Å². The first-order valence-electron chi connectivity index (χ1n) is 18.0. The number of hydrogen-bond acceptors (Lipinski definition) is 7. The fraction of sp³-hybridized carbons (Fsp3) is 0. The topological polar surface area (TPSA) is 82.5 Å². The van der Waals surface area contributed by atoms with E-state index < -0.39 is 0 Å². The highest BCUT2D eigenvalue weighted by molar-refractivity contribution is 7.21. The Labute approximate surface area is 318 Å². The summed E-state index contributed by atoms with van der Waals surface area (Å²) in [5, 5.41) is 3.38. The fourth-order valence-electron chi connectivity index (χ4n) is 7.29. The zero-order valence-electron chi connectivity index (χ0n) is 29.2. The van der Waals surface area contributed by atoms with Crippen LogP contribution < -0.4 is 0 Å². The maximum absolute atomic E-state index is 6.39. The molecular formula is C47H28N6OS. The molecule has 0 fully saturated rings. The molecule has 7 nitrogen and oxygen atoms in total. The monoisotopic (exact) mass is 724 g/mol. The second-order valence-corrected chi connectivity index (χ2v) is 14.4. The molecule has 0 N–H and O–H groups in total. The molecule has 258 valence electrons. The minimum Gasteiger partial charge on any atom is -0.436 e. The Morgan fingerprint density at radius 3 is 1.85 bits per heavy atom. The standard InChI is InChI=1S/C47H28N6OS/c1-3-12-29(13-4-1)43-50-44(30-14-5-2-6-15-30)52-45(51-43)31-23-25-41-38(28-31)48-46(54-41)32-16-11-17-34(26-32)53-39-20-9-7-18-35(39)36-27-33(22-24-40(36)53)47-49-37-19-8-10-21-42(37)55-47/h1-28H. The van der Waals surface area contributed by atoms with Gasteiger partial charge >= 0.3 is 0 Å². The Kier molecular flexibility index (Phi) is 7.21. The normalized spacial score (nSPS) is 11.6. The average Bonchev–Trinajstić information content (AvgIpc) is 3.98. The van der Waals surface area contributed by atoms with E-state index in [0.717, 1.165) is 60.6 Å². The Balaban J connectivity index is 0.985. The average molecular weight is 725 g/mol. The van der Waals surface area contributed by atoms with Crippen LogP contribution in [0.4, 0.5) is 0 Å². The van der Waals surface area contributed by atoms with Crippen LogP contribution in [0.3, 0.4) is 0 Å². The van der Waals surface area contributed by atoms with Gasteiger partial charge in [0.05, 0.1) is 21.3 Å². The van der Waals surface area contributed by atoms with Gasteiger partial charge in [-0.3, -0.25) is 0 Å². The summed E-state index contributed by atoms with van der Waals surface area (Å²) < 4.78 is 9.89. The molecule has 0 saturated carbocycles.